The molecule has 0 amide bonds. The second-order valence-corrected chi connectivity index (χ2v) is 2.87. The Hall–Kier alpha value is -1.77. The van der Waals surface area contributed by atoms with E-state index in [9.17, 15) is 0 Å². The van der Waals surface area contributed by atoms with Gasteiger partial charge in [0.15, 0.2) is 0 Å². The highest BCUT2D eigenvalue weighted by Crippen LogP contribution is 2.12. The van der Waals surface area contributed by atoms with Gasteiger partial charge in [-0.25, -0.2) is 4.98 Å². The number of hydrogen-bond donors (Lipinski definition) is 2. The largest absolute Gasteiger partial charge is 0.405 e. The molecule has 2 aromatic heterocycles. The van der Waals surface area contributed by atoms with Crippen LogP contribution in [0.1, 0.15) is 5.69 Å². The van der Waals surface area contributed by atoms with Gasteiger partial charge in [-0.2, -0.15) is 0 Å². The third kappa shape index (κ3) is 1.54. The van der Waals surface area contributed by atoms with Crippen molar-refractivity contribution in [3.05, 3.63) is 42.4 Å². The van der Waals surface area contributed by atoms with Gasteiger partial charge in [0.25, 0.3) is 0 Å². The minimum absolute atomic E-state index is 0.826. The molecule has 66 valence electrons. The number of pyridine rings is 1. The number of rotatable bonds is 2. The van der Waals surface area contributed by atoms with Crippen molar-refractivity contribution >= 4 is 11.0 Å². The molecule has 0 aliphatic heterocycles. The molecule has 2 rings (SSSR count). The van der Waals surface area contributed by atoms with Crippen molar-refractivity contribution in [1.82, 2.24) is 9.97 Å². The Balaban J connectivity index is 2.38. The van der Waals surface area contributed by atoms with E-state index in [0.717, 1.165) is 23.1 Å². The summed E-state index contributed by atoms with van der Waals surface area (Å²) in [5.41, 5.74) is 7.33. The number of aromatic amines is 1. The van der Waals surface area contributed by atoms with Gasteiger partial charge in [0.05, 0.1) is 0 Å². The van der Waals surface area contributed by atoms with Crippen LogP contribution in [0.2, 0.25) is 0 Å². The average molecular weight is 173 g/mol. The van der Waals surface area contributed by atoms with E-state index in [4.69, 9.17) is 5.73 Å². The van der Waals surface area contributed by atoms with Crippen LogP contribution in [0.15, 0.2) is 36.7 Å². The molecular formula is C10H11N3. The highest BCUT2D eigenvalue weighted by Gasteiger charge is 1.97. The zero-order valence-electron chi connectivity index (χ0n) is 7.20. The average Bonchev–Trinajstić information content (AvgIpc) is 2.57. The van der Waals surface area contributed by atoms with E-state index in [-0.39, 0.29) is 0 Å². The first-order valence-corrected chi connectivity index (χ1v) is 4.19. The van der Waals surface area contributed by atoms with E-state index < -0.39 is 0 Å². The van der Waals surface area contributed by atoms with E-state index in [1.165, 1.54) is 0 Å². The van der Waals surface area contributed by atoms with Gasteiger partial charge in [0, 0.05) is 23.7 Å². The Bertz CT molecular complexity index is 395. The third-order valence-electron chi connectivity index (χ3n) is 1.92. The van der Waals surface area contributed by atoms with Crippen LogP contribution >= 0.6 is 0 Å². The number of H-pyrrole nitrogens is 1. The first-order valence-electron chi connectivity index (χ1n) is 4.19. The lowest BCUT2D eigenvalue weighted by atomic mass is 10.3. The summed E-state index contributed by atoms with van der Waals surface area (Å²) >= 11 is 0. The fourth-order valence-electron chi connectivity index (χ4n) is 1.32. The molecule has 3 N–H and O–H groups in total. The monoisotopic (exact) mass is 173 g/mol. The maximum Gasteiger partial charge on any atom is 0.137 e. The van der Waals surface area contributed by atoms with Gasteiger partial charge < -0.3 is 10.7 Å². The smallest absolute Gasteiger partial charge is 0.137 e. The first-order chi connectivity index (χ1) is 6.40. The van der Waals surface area contributed by atoms with Crippen LogP contribution in [-0.2, 0) is 6.42 Å². The molecule has 0 aromatic carbocycles. The summed E-state index contributed by atoms with van der Waals surface area (Å²) in [4.78, 5) is 7.41. The van der Waals surface area contributed by atoms with Crippen molar-refractivity contribution in [1.29, 1.82) is 0 Å². The Labute approximate surface area is 76.3 Å². The topological polar surface area (TPSA) is 54.7 Å². The summed E-state index contributed by atoms with van der Waals surface area (Å²) < 4.78 is 0. The van der Waals surface area contributed by atoms with Crippen molar-refractivity contribution in [2.24, 2.45) is 5.73 Å². The van der Waals surface area contributed by atoms with Crippen LogP contribution in [0.4, 0.5) is 0 Å². The highest BCUT2D eigenvalue weighted by molar-refractivity contribution is 5.76. The molecule has 3 nitrogen and oxygen atoms in total. The Kier molecular flexibility index (Phi) is 2.00. The summed E-state index contributed by atoms with van der Waals surface area (Å²) in [5, 5.41) is 1.14. The van der Waals surface area contributed by atoms with Gasteiger partial charge in [0.2, 0.25) is 0 Å². The molecule has 0 saturated heterocycles. The standard InChI is InChI=1S/C10H11N3/c11-5-1-4-9-7-8-3-2-6-12-10(8)13-9/h1-3,5-7H,4,11H2,(H,12,13). The lowest BCUT2D eigenvalue weighted by Crippen LogP contribution is -1.82. The molecule has 0 bridgehead atoms. The molecule has 2 aromatic rings. The maximum atomic E-state index is 5.26. The second kappa shape index (κ2) is 3.31. The Morgan fingerprint density at radius 1 is 1.54 bits per heavy atom. The fraction of sp³-hybridized carbons (Fsp3) is 0.100. The maximum absolute atomic E-state index is 5.26. The van der Waals surface area contributed by atoms with E-state index in [1.807, 2.05) is 18.2 Å². The van der Waals surface area contributed by atoms with E-state index in [0.29, 0.717) is 0 Å². The summed E-state index contributed by atoms with van der Waals surface area (Å²) in [6.45, 7) is 0. The van der Waals surface area contributed by atoms with Crippen LogP contribution in [0.5, 0.6) is 0 Å². The molecule has 0 aliphatic carbocycles. The Morgan fingerprint density at radius 3 is 3.23 bits per heavy atom. The van der Waals surface area contributed by atoms with Crippen molar-refractivity contribution in [3.8, 4) is 0 Å². The fourth-order valence-corrected chi connectivity index (χ4v) is 1.32. The van der Waals surface area contributed by atoms with Gasteiger partial charge in [-0.05, 0) is 24.4 Å². The number of allylic oxidation sites excluding steroid dienone is 1. The van der Waals surface area contributed by atoms with Crippen molar-refractivity contribution in [2.75, 3.05) is 0 Å². The molecule has 0 radical (unpaired) electrons. The van der Waals surface area contributed by atoms with Crippen LogP contribution in [0.3, 0.4) is 0 Å². The molecular weight excluding hydrogens is 162 g/mol. The number of hydrogen-bond acceptors (Lipinski definition) is 2. The van der Waals surface area contributed by atoms with Crippen LogP contribution < -0.4 is 5.73 Å². The van der Waals surface area contributed by atoms with Gasteiger partial charge in [-0.15, -0.1) is 0 Å². The van der Waals surface area contributed by atoms with Crippen molar-refractivity contribution in [2.45, 2.75) is 6.42 Å². The zero-order valence-corrected chi connectivity index (χ0v) is 7.20. The zero-order chi connectivity index (χ0) is 9.10. The van der Waals surface area contributed by atoms with E-state index >= 15 is 0 Å². The number of aromatic nitrogens is 2. The van der Waals surface area contributed by atoms with Crippen molar-refractivity contribution in [3.63, 3.8) is 0 Å². The van der Waals surface area contributed by atoms with Gasteiger partial charge >= 0.3 is 0 Å². The lowest BCUT2D eigenvalue weighted by molar-refractivity contribution is 1.15. The lowest BCUT2D eigenvalue weighted by Gasteiger charge is -1.86. The molecule has 3 heteroatoms. The van der Waals surface area contributed by atoms with Crippen LogP contribution in [0.25, 0.3) is 11.0 Å². The minimum Gasteiger partial charge on any atom is -0.405 e. The third-order valence-corrected chi connectivity index (χ3v) is 1.92. The van der Waals surface area contributed by atoms with Gasteiger partial charge in [-0.1, -0.05) is 6.08 Å². The molecule has 0 saturated carbocycles. The number of nitrogens with two attached hydrogens (primary N) is 1. The molecule has 0 atom stereocenters. The molecule has 0 aliphatic rings. The summed E-state index contributed by atoms with van der Waals surface area (Å²) in [5.74, 6) is 0. The van der Waals surface area contributed by atoms with Crippen molar-refractivity contribution < 1.29 is 0 Å². The summed E-state index contributed by atoms with van der Waals surface area (Å²) in [6.07, 6.45) is 6.07. The van der Waals surface area contributed by atoms with E-state index in [2.05, 4.69) is 16.0 Å². The molecule has 0 unspecified atom stereocenters. The molecule has 13 heavy (non-hydrogen) atoms. The number of fused-ring (bicyclic) bond motifs is 1. The van der Waals surface area contributed by atoms with E-state index in [1.54, 1.807) is 12.4 Å². The van der Waals surface area contributed by atoms with Gasteiger partial charge in [0.1, 0.15) is 5.65 Å². The predicted molar refractivity (Wildman–Crippen MR) is 53.1 cm³/mol. The summed E-state index contributed by atoms with van der Waals surface area (Å²) in [6, 6.07) is 6.05. The number of nitrogens with one attached hydrogen (secondary N) is 1. The normalized spacial score (nSPS) is 11.4. The molecule has 0 spiro atoms. The SMILES string of the molecule is NC=CCc1cc2cccnc2[nH]1. The quantitative estimate of drug-likeness (QED) is 0.724. The van der Waals surface area contributed by atoms with Crippen LogP contribution in [0, 0.1) is 0 Å². The predicted octanol–water partition coefficient (Wildman–Crippen LogP) is 1.58. The second-order valence-electron chi connectivity index (χ2n) is 2.87. The van der Waals surface area contributed by atoms with Gasteiger partial charge in [-0.3, -0.25) is 0 Å². The Morgan fingerprint density at radius 2 is 2.46 bits per heavy atom. The highest BCUT2D eigenvalue weighted by atomic mass is 14.8. The minimum atomic E-state index is 0.826. The van der Waals surface area contributed by atoms with Crippen LogP contribution in [-0.4, -0.2) is 9.97 Å². The molecule has 2 heterocycles. The number of nitrogens with zero attached hydrogens (tertiary/aromatic N) is 1. The summed E-state index contributed by atoms with van der Waals surface area (Å²) in [7, 11) is 0. The molecule has 0 fully saturated rings. The first kappa shape index (κ1) is 7.86.